The van der Waals surface area contributed by atoms with Crippen LogP contribution in [0.25, 0.3) is 0 Å². The molecule has 2 rings (SSSR count). The maximum atomic E-state index is 11.8. The average Bonchev–Trinajstić information content (AvgIpc) is 3.45. The van der Waals surface area contributed by atoms with E-state index in [1.165, 1.54) is 20.0 Å². The summed E-state index contributed by atoms with van der Waals surface area (Å²) < 4.78 is 10.7. The Morgan fingerprint density at radius 2 is 2.16 bits per heavy atom. The van der Waals surface area contributed by atoms with E-state index in [2.05, 4.69) is 22.8 Å². The number of ether oxygens (including phenoxy) is 2. The third kappa shape index (κ3) is 6.70. The smallest absolute Gasteiger partial charge is 0.314 e. The highest BCUT2D eigenvalue weighted by Crippen LogP contribution is 2.34. The number of carbonyl (C=O) groups is 1. The number of esters is 1. The van der Waals surface area contributed by atoms with E-state index in [-0.39, 0.29) is 11.9 Å². The molecule has 7 heteroatoms. The van der Waals surface area contributed by atoms with Crippen LogP contribution in [0.2, 0.25) is 0 Å². The summed E-state index contributed by atoms with van der Waals surface area (Å²) in [6.07, 6.45) is 6.88. The van der Waals surface area contributed by atoms with Crippen LogP contribution in [0.3, 0.4) is 0 Å². The molecular weight excluding hydrogens is 338 g/mol. The zero-order valence-electron chi connectivity index (χ0n) is 14.7. The second-order valence-electron chi connectivity index (χ2n) is 5.94. The van der Waals surface area contributed by atoms with Gasteiger partial charge in [0.2, 0.25) is 0 Å². The molecule has 1 saturated carbocycles. The number of hydrogen-bond donors (Lipinski definition) is 2. The second-order valence-corrected chi connectivity index (χ2v) is 6.35. The summed E-state index contributed by atoms with van der Waals surface area (Å²) >= 11 is 5.15. The molecule has 1 aliphatic rings. The van der Waals surface area contributed by atoms with Gasteiger partial charge in [0.15, 0.2) is 16.6 Å². The number of hydrazone groups is 1. The van der Waals surface area contributed by atoms with Gasteiger partial charge in [0.05, 0.1) is 19.2 Å². The number of thiocarbonyl (C=S) groups is 1. The minimum atomic E-state index is -0.194. The van der Waals surface area contributed by atoms with Crippen molar-refractivity contribution in [2.24, 2.45) is 11.0 Å². The molecule has 1 aromatic carbocycles. The van der Waals surface area contributed by atoms with Gasteiger partial charge in [-0.05, 0) is 55.2 Å². The Morgan fingerprint density at radius 1 is 1.36 bits per heavy atom. The summed E-state index contributed by atoms with van der Waals surface area (Å²) in [6, 6.07) is 5.28. The first kappa shape index (κ1) is 19.2. The summed E-state index contributed by atoms with van der Waals surface area (Å²) in [5.41, 5.74) is 3.59. The zero-order valence-corrected chi connectivity index (χ0v) is 15.5. The molecule has 0 aromatic heterocycles. The fraction of sp³-hybridized carbons (Fsp3) is 0.500. The minimum Gasteiger partial charge on any atom is -0.493 e. The van der Waals surface area contributed by atoms with Crippen molar-refractivity contribution in [3.05, 3.63) is 23.8 Å². The Morgan fingerprint density at radius 3 is 2.84 bits per heavy atom. The molecule has 0 radical (unpaired) electrons. The summed E-state index contributed by atoms with van der Waals surface area (Å²) in [4.78, 5) is 11.8. The molecule has 1 fully saturated rings. The van der Waals surface area contributed by atoms with Crippen LogP contribution in [0.4, 0.5) is 0 Å². The van der Waals surface area contributed by atoms with E-state index in [0.29, 0.717) is 16.6 Å². The van der Waals surface area contributed by atoms with Crippen molar-refractivity contribution in [2.45, 2.75) is 39.0 Å². The van der Waals surface area contributed by atoms with Gasteiger partial charge in [0.25, 0.3) is 0 Å². The Kier molecular flexibility index (Phi) is 7.66. The zero-order chi connectivity index (χ0) is 18.1. The van der Waals surface area contributed by atoms with Crippen LogP contribution in [0.15, 0.2) is 23.3 Å². The molecule has 0 bridgehead atoms. The summed E-state index contributed by atoms with van der Waals surface area (Å²) in [6.45, 7) is 3.00. The molecule has 0 heterocycles. The lowest BCUT2D eigenvalue weighted by Crippen LogP contribution is -2.32. The minimum absolute atomic E-state index is 0.0426. The van der Waals surface area contributed by atoms with E-state index in [4.69, 9.17) is 21.7 Å². The summed E-state index contributed by atoms with van der Waals surface area (Å²) in [5.74, 6) is 0.776. The van der Waals surface area contributed by atoms with Gasteiger partial charge >= 0.3 is 5.97 Å². The first-order valence-corrected chi connectivity index (χ1v) is 9.01. The summed E-state index contributed by atoms with van der Waals surface area (Å²) in [5, 5.41) is 7.70. The third-order valence-electron chi connectivity index (χ3n) is 3.75. The average molecular weight is 363 g/mol. The fourth-order valence-electron chi connectivity index (χ4n) is 2.14. The van der Waals surface area contributed by atoms with E-state index in [0.717, 1.165) is 31.4 Å². The lowest BCUT2D eigenvalue weighted by atomic mass is 10.2. The Balaban J connectivity index is 1.84. The number of methoxy groups -OCH3 is 1. The molecular formula is C18H25N3O3S. The molecule has 136 valence electrons. The molecule has 0 unspecified atom stereocenters. The maximum Gasteiger partial charge on any atom is 0.314 e. The van der Waals surface area contributed by atoms with E-state index < -0.39 is 0 Å². The summed E-state index contributed by atoms with van der Waals surface area (Å²) in [7, 11) is 1.54. The molecule has 1 aromatic rings. The number of rotatable bonds is 9. The van der Waals surface area contributed by atoms with E-state index in [9.17, 15) is 4.79 Å². The molecule has 0 spiro atoms. The number of carbonyl (C=O) groups excluding carboxylic acids is 1. The number of nitrogens with one attached hydrogen (secondary N) is 2. The molecule has 2 N–H and O–H groups in total. The Bertz CT molecular complexity index is 630. The van der Waals surface area contributed by atoms with Gasteiger partial charge in [-0.1, -0.05) is 19.8 Å². The molecule has 0 aliphatic heterocycles. The number of hydrogen-bond acceptors (Lipinski definition) is 5. The molecule has 25 heavy (non-hydrogen) atoms. The van der Waals surface area contributed by atoms with Crippen LogP contribution in [-0.4, -0.2) is 31.0 Å². The van der Waals surface area contributed by atoms with Crippen molar-refractivity contribution >= 4 is 29.5 Å². The van der Waals surface area contributed by atoms with Gasteiger partial charge in [-0.15, -0.1) is 0 Å². The Hall–Kier alpha value is -2.15. The number of nitrogens with zero attached hydrogens (tertiary/aromatic N) is 1. The van der Waals surface area contributed by atoms with Crippen LogP contribution in [0.5, 0.6) is 11.5 Å². The van der Waals surface area contributed by atoms with Crippen molar-refractivity contribution in [3.63, 3.8) is 0 Å². The molecule has 1 aliphatic carbocycles. The highest BCUT2D eigenvalue weighted by molar-refractivity contribution is 7.80. The number of benzene rings is 1. The predicted octanol–water partition coefficient (Wildman–Crippen LogP) is 3.00. The quantitative estimate of drug-likeness (QED) is 0.175. The van der Waals surface area contributed by atoms with Crippen molar-refractivity contribution < 1.29 is 14.3 Å². The molecule has 0 atom stereocenters. The van der Waals surface area contributed by atoms with Crippen molar-refractivity contribution in [2.75, 3.05) is 13.7 Å². The SMILES string of the molecule is CCCCCNC(=S)N/N=C\c1ccc(OC(=O)C2CC2)c(OC)c1. The number of unbranched alkanes of at least 4 members (excludes halogenated alkanes) is 2. The first-order chi connectivity index (χ1) is 12.1. The van der Waals surface area contributed by atoms with Crippen LogP contribution in [0.1, 0.15) is 44.6 Å². The Labute approximate surface area is 154 Å². The van der Waals surface area contributed by atoms with E-state index in [1.807, 2.05) is 0 Å². The lowest BCUT2D eigenvalue weighted by Gasteiger charge is -2.09. The van der Waals surface area contributed by atoms with Crippen molar-refractivity contribution in [3.8, 4) is 11.5 Å². The van der Waals surface area contributed by atoms with Crippen molar-refractivity contribution in [1.29, 1.82) is 0 Å². The maximum absolute atomic E-state index is 11.8. The highest BCUT2D eigenvalue weighted by atomic mass is 32.1. The fourth-order valence-corrected chi connectivity index (χ4v) is 2.30. The van der Waals surface area contributed by atoms with Crippen LogP contribution < -0.4 is 20.2 Å². The lowest BCUT2D eigenvalue weighted by molar-refractivity contribution is -0.135. The standard InChI is InChI=1S/C18H25N3O3S/c1-3-4-5-10-19-18(25)21-20-12-13-6-9-15(16(11-13)23-2)24-17(22)14-7-8-14/h6,9,11-12,14H,3-5,7-8,10H2,1-2H3,(H2,19,21,25)/b20-12-. The topological polar surface area (TPSA) is 72.0 Å². The van der Waals surface area contributed by atoms with Gasteiger partial charge in [-0.2, -0.15) is 5.10 Å². The highest BCUT2D eigenvalue weighted by Gasteiger charge is 2.32. The normalized spacial score (nSPS) is 13.5. The molecule has 6 nitrogen and oxygen atoms in total. The van der Waals surface area contributed by atoms with E-state index >= 15 is 0 Å². The van der Waals surface area contributed by atoms with Gasteiger partial charge in [-0.3, -0.25) is 10.2 Å². The molecule has 0 amide bonds. The van der Waals surface area contributed by atoms with Gasteiger partial charge in [0.1, 0.15) is 0 Å². The molecule has 0 saturated heterocycles. The predicted molar refractivity (Wildman–Crippen MR) is 102 cm³/mol. The second kappa shape index (κ2) is 9.98. The third-order valence-corrected chi connectivity index (χ3v) is 3.99. The largest absolute Gasteiger partial charge is 0.493 e. The van der Waals surface area contributed by atoms with Gasteiger partial charge < -0.3 is 14.8 Å². The van der Waals surface area contributed by atoms with Crippen LogP contribution in [0, 0.1) is 5.92 Å². The van der Waals surface area contributed by atoms with Gasteiger partial charge in [-0.25, -0.2) is 0 Å². The van der Waals surface area contributed by atoms with Crippen LogP contribution in [-0.2, 0) is 4.79 Å². The monoisotopic (exact) mass is 363 g/mol. The van der Waals surface area contributed by atoms with Crippen molar-refractivity contribution in [1.82, 2.24) is 10.7 Å². The van der Waals surface area contributed by atoms with Crippen LogP contribution >= 0.6 is 12.2 Å². The first-order valence-electron chi connectivity index (χ1n) is 8.60. The van der Waals surface area contributed by atoms with Gasteiger partial charge in [0, 0.05) is 6.54 Å². The van der Waals surface area contributed by atoms with E-state index in [1.54, 1.807) is 24.4 Å².